The molecular formula is C23H13Cl2N3O7S. The number of thioether (sulfide) groups is 1. The molecule has 0 spiro atoms. The normalized spacial score (nSPS) is 14.4. The number of nitro benzene ring substituents is 2. The SMILES string of the molecule is O=C1S/C(=C/c2ccccc2Oc2ccc([N+](=O)[O-])cc2[N+](=O)[O-])C(=O)N1Cc1ccc(Cl)c(Cl)c1. The second kappa shape index (κ2) is 10.4. The fourth-order valence-electron chi connectivity index (χ4n) is 3.26. The minimum absolute atomic E-state index is 0.00790. The molecule has 0 atom stereocenters. The van der Waals surface area contributed by atoms with Crippen molar-refractivity contribution in [2.45, 2.75) is 6.54 Å². The third-order valence-corrected chi connectivity index (χ3v) is 6.62. The maximum Gasteiger partial charge on any atom is 0.318 e. The van der Waals surface area contributed by atoms with E-state index in [1.165, 1.54) is 12.1 Å². The lowest BCUT2D eigenvalue weighted by atomic mass is 10.1. The van der Waals surface area contributed by atoms with E-state index in [4.69, 9.17) is 27.9 Å². The number of carbonyl (C=O) groups is 2. The number of imide groups is 1. The Morgan fingerprint density at radius 2 is 1.67 bits per heavy atom. The average Bonchev–Trinajstić information content (AvgIpc) is 3.10. The zero-order chi connectivity index (χ0) is 26.0. The molecule has 2 amide bonds. The zero-order valence-electron chi connectivity index (χ0n) is 17.9. The largest absolute Gasteiger partial charge is 0.449 e. The van der Waals surface area contributed by atoms with Gasteiger partial charge in [-0.1, -0.05) is 47.5 Å². The lowest BCUT2D eigenvalue weighted by Gasteiger charge is -2.13. The molecule has 1 fully saturated rings. The predicted octanol–water partition coefficient (Wildman–Crippen LogP) is 6.84. The number of halogens is 2. The minimum atomic E-state index is -0.792. The summed E-state index contributed by atoms with van der Waals surface area (Å²) < 4.78 is 5.70. The molecule has 10 nitrogen and oxygen atoms in total. The second-order valence-electron chi connectivity index (χ2n) is 7.32. The van der Waals surface area contributed by atoms with E-state index < -0.39 is 32.4 Å². The quantitative estimate of drug-likeness (QED) is 0.179. The van der Waals surface area contributed by atoms with Crippen molar-refractivity contribution in [3.63, 3.8) is 0 Å². The van der Waals surface area contributed by atoms with Crippen molar-refractivity contribution < 1.29 is 24.2 Å². The molecule has 13 heteroatoms. The number of non-ortho nitro benzene ring substituents is 1. The number of hydrogen-bond acceptors (Lipinski definition) is 8. The first-order valence-corrected chi connectivity index (χ1v) is 11.6. The first-order valence-electron chi connectivity index (χ1n) is 10.0. The van der Waals surface area contributed by atoms with Crippen LogP contribution in [0, 0.1) is 20.2 Å². The number of ether oxygens (including phenoxy) is 1. The molecule has 4 rings (SSSR count). The van der Waals surface area contributed by atoms with Gasteiger partial charge in [-0.05, 0) is 47.7 Å². The Morgan fingerprint density at radius 3 is 2.36 bits per heavy atom. The van der Waals surface area contributed by atoms with Gasteiger partial charge in [0.25, 0.3) is 16.8 Å². The molecule has 1 aliphatic rings. The Morgan fingerprint density at radius 1 is 0.917 bits per heavy atom. The van der Waals surface area contributed by atoms with Crippen LogP contribution in [0.2, 0.25) is 10.0 Å². The fraction of sp³-hybridized carbons (Fsp3) is 0.0435. The molecule has 182 valence electrons. The Labute approximate surface area is 217 Å². The fourth-order valence-corrected chi connectivity index (χ4v) is 4.41. The standard InChI is InChI=1S/C23H13Cl2N3O7S/c24-16-7-5-13(9-17(16)25)12-26-22(29)21(36-23(26)30)10-14-3-1-2-4-19(14)35-20-8-6-15(27(31)32)11-18(20)28(33)34/h1-11H,12H2/b21-10+. The molecule has 0 aromatic heterocycles. The van der Waals surface area contributed by atoms with Gasteiger partial charge in [-0.2, -0.15) is 0 Å². The summed E-state index contributed by atoms with van der Waals surface area (Å²) in [4.78, 5) is 47.5. The average molecular weight is 546 g/mol. The van der Waals surface area contributed by atoms with Gasteiger partial charge < -0.3 is 4.74 Å². The Bertz CT molecular complexity index is 1460. The second-order valence-corrected chi connectivity index (χ2v) is 9.13. The molecule has 1 aliphatic heterocycles. The third kappa shape index (κ3) is 5.33. The number of para-hydroxylation sites is 1. The highest BCUT2D eigenvalue weighted by Gasteiger charge is 2.35. The summed E-state index contributed by atoms with van der Waals surface area (Å²) in [6.45, 7) is -0.00790. The maximum atomic E-state index is 13.0. The van der Waals surface area contributed by atoms with E-state index >= 15 is 0 Å². The number of amides is 2. The Hall–Kier alpha value is -3.93. The summed E-state index contributed by atoms with van der Waals surface area (Å²) in [7, 11) is 0. The van der Waals surface area contributed by atoms with Gasteiger partial charge in [0.05, 0.1) is 37.4 Å². The van der Waals surface area contributed by atoms with Crippen LogP contribution in [-0.2, 0) is 11.3 Å². The smallest absolute Gasteiger partial charge is 0.318 e. The van der Waals surface area contributed by atoms with Gasteiger partial charge >= 0.3 is 5.69 Å². The summed E-state index contributed by atoms with van der Waals surface area (Å²) in [6, 6.07) is 14.2. The van der Waals surface area contributed by atoms with Crippen molar-refractivity contribution in [2.75, 3.05) is 0 Å². The first kappa shape index (κ1) is 25.2. The van der Waals surface area contributed by atoms with Crippen LogP contribution in [0.25, 0.3) is 6.08 Å². The molecule has 0 bridgehead atoms. The number of benzene rings is 3. The third-order valence-electron chi connectivity index (χ3n) is 4.97. The van der Waals surface area contributed by atoms with E-state index in [0.717, 1.165) is 34.9 Å². The van der Waals surface area contributed by atoms with Crippen molar-refractivity contribution in [1.82, 2.24) is 4.90 Å². The van der Waals surface area contributed by atoms with E-state index in [9.17, 15) is 29.8 Å². The molecular weight excluding hydrogens is 533 g/mol. The van der Waals surface area contributed by atoms with Crippen LogP contribution in [-0.4, -0.2) is 25.9 Å². The van der Waals surface area contributed by atoms with Gasteiger partial charge in [0.2, 0.25) is 5.75 Å². The van der Waals surface area contributed by atoms with Crippen molar-refractivity contribution in [1.29, 1.82) is 0 Å². The lowest BCUT2D eigenvalue weighted by Crippen LogP contribution is -2.27. The molecule has 0 unspecified atom stereocenters. The molecule has 3 aromatic carbocycles. The molecule has 1 heterocycles. The van der Waals surface area contributed by atoms with Gasteiger partial charge in [0.1, 0.15) is 5.75 Å². The molecule has 0 aliphatic carbocycles. The maximum absolute atomic E-state index is 13.0. The molecule has 0 radical (unpaired) electrons. The Balaban J connectivity index is 1.61. The highest BCUT2D eigenvalue weighted by molar-refractivity contribution is 8.18. The van der Waals surface area contributed by atoms with E-state index in [1.807, 2.05) is 0 Å². The topological polar surface area (TPSA) is 133 Å². The van der Waals surface area contributed by atoms with Gasteiger partial charge in [-0.3, -0.25) is 34.7 Å². The van der Waals surface area contributed by atoms with Crippen LogP contribution >= 0.6 is 35.0 Å². The van der Waals surface area contributed by atoms with Gasteiger partial charge in [0, 0.05) is 11.6 Å². The summed E-state index contributed by atoms with van der Waals surface area (Å²) in [6.07, 6.45) is 1.44. The molecule has 0 saturated carbocycles. The molecule has 0 N–H and O–H groups in total. The first-order chi connectivity index (χ1) is 17.1. The van der Waals surface area contributed by atoms with Crippen LogP contribution in [0.4, 0.5) is 16.2 Å². The van der Waals surface area contributed by atoms with E-state index in [-0.39, 0.29) is 22.9 Å². The monoisotopic (exact) mass is 545 g/mol. The number of carbonyl (C=O) groups excluding carboxylic acids is 2. The minimum Gasteiger partial charge on any atom is -0.449 e. The van der Waals surface area contributed by atoms with Crippen LogP contribution in [0.15, 0.2) is 65.6 Å². The number of hydrogen-bond donors (Lipinski definition) is 0. The number of nitrogens with zero attached hydrogens (tertiary/aromatic N) is 3. The highest BCUT2D eigenvalue weighted by atomic mass is 35.5. The zero-order valence-corrected chi connectivity index (χ0v) is 20.2. The predicted molar refractivity (Wildman–Crippen MR) is 134 cm³/mol. The van der Waals surface area contributed by atoms with Crippen molar-refractivity contribution in [3.8, 4) is 11.5 Å². The van der Waals surface area contributed by atoms with Crippen LogP contribution in [0.1, 0.15) is 11.1 Å². The van der Waals surface area contributed by atoms with E-state index in [2.05, 4.69) is 0 Å². The van der Waals surface area contributed by atoms with Crippen LogP contribution in [0.5, 0.6) is 11.5 Å². The highest BCUT2D eigenvalue weighted by Crippen LogP contribution is 2.38. The number of nitro groups is 2. The summed E-state index contributed by atoms with van der Waals surface area (Å²) in [5.41, 5.74) is -0.0775. The van der Waals surface area contributed by atoms with Crippen LogP contribution < -0.4 is 4.74 Å². The van der Waals surface area contributed by atoms with Crippen molar-refractivity contribution in [2.24, 2.45) is 0 Å². The molecule has 3 aromatic rings. The summed E-state index contributed by atoms with van der Waals surface area (Å²) in [5, 5.41) is 22.6. The summed E-state index contributed by atoms with van der Waals surface area (Å²) in [5.74, 6) is -0.614. The molecule has 1 saturated heterocycles. The van der Waals surface area contributed by atoms with Gasteiger partial charge in [-0.25, -0.2) is 0 Å². The van der Waals surface area contributed by atoms with Gasteiger partial charge in [-0.15, -0.1) is 0 Å². The van der Waals surface area contributed by atoms with E-state index in [0.29, 0.717) is 21.2 Å². The van der Waals surface area contributed by atoms with Crippen molar-refractivity contribution >= 4 is 63.6 Å². The van der Waals surface area contributed by atoms with Gasteiger partial charge in [0.15, 0.2) is 0 Å². The Kier molecular flexibility index (Phi) is 7.25. The number of rotatable bonds is 7. The van der Waals surface area contributed by atoms with Crippen LogP contribution in [0.3, 0.4) is 0 Å². The summed E-state index contributed by atoms with van der Waals surface area (Å²) >= 11 is 12.7. The molecule has 36 heavy (non-hydrogen) atoms. The lowest BCUT2D eigenvalue weighted by molar-refractivity contribution is -0.394. The van der Waals surface area contributed by atoms with Crippen molar-refractivity contribution in [3.05, 3.63) is 107 Å². The van der Waals surface area contributed by atoms with E-state index in [1.54, 1.807) is 36.4 Å².